The predicted octanol–water partition coefficient (Wildman–Crippen LogP) is 3.69. The first-order valence-corrected chi connectivity index (χ1v) is 10.1. The second-order valence-electron chi connectivity index (χ2n) is 7.22. The first-order valence-electron chi connectivity index (χ1n) is 10.1. The Hall–Kier alpha value is -3.09. The molecule has 1 saturated heterocycles. The average Bonchev–Trinajstić information content (AvgIpc) is 2.81. The molecule has 0 spiro atoms. The van der Waals surface area contributed by atoms with E-state index in [1.807, 2.05) is 36.4 Å². The van der Waals surface area contributed by atoms with E-state index in [0.717, 1.165) is 29.9 Å². The van der Waals surface area contributed by atoms with Crippen molar-refractivity contribution in [3.8, 4) is 11.1 Å². The van der Waals surface area contributed by atoms with Crippen molar-refractivity contribution in [3.05, 3.63) is 90.0 Å². The minimum Gasteiger partial charge on any atom is -0.379 e. The van der Waals surface area contributed by atoms with Crippen LogP contribution in [-0.2, 0) is 4.74 Å². The van der Waals surface area contributed by atoms with Gasteiger partial charge in [0.25, 0.3) is 5.91 Å². The molecule has 4 rings (SSSR count). The maximum atomic E-state index is 13.2. The Morgan fingerprint density at radius 2 is 1.83 bits per heavy atom. The third kappa shape index (κ3) is 4.90. The summed E-state index contributed by atoms with van der Waals surface area (Å²) in [5.41, 5.74) is 3.24. The Morgan fingerprint density at radius 1 is 1.03 bits per heavy atom. The SMILES string of the molecule is O=C(NC[C@@H](c1ccccn1)N1CCOCC1)c1cccc(-c2ccc(F)cc2)c1. The standard InChI is InChI=1S/C24H24FN3O2/c25-21-9-7-18(8-10-21)19-4-3-5-20(16-19)24(29)27-17-23(22-6-1-2-11-26-22)28-12-14-30-15-13-28/h1-11,16,23H,12-15,17H2,(H,27,29)/t23-/m0/s1. The summed E-state index contributed by atoms with van der Waals surface area (Å²) in [6.45, 7) is 3.42. The number of rotatable bonds is 6. The Labute approximate surface area is 175 Å². The monoisotopic (exact) mass is 405 g/mol. The highest BCUT2D eigenvalue weighted by Gasteiger charge is 2.24. The Bertz CT molecular complexity index is 973. The third-order valence-electron chi connectivity index (χ3n) is 5.27. The molecular weight excluding hydrogens is 381 g/mol. The summed E-state index contributed by atoms with van der Waals surface area (Å²) in [5, 5.41) is 3.06. The van der Waals surface area contributed by atoms with Gasteiger partial charge in [0, 0.05) is 31.4 Å². The lowest BCUT2D eigenvalue weighted by molar-refractivity contribution is 0.0154. The number of pyridine rings is 1. The lowest BCUT2D eigenvalue weighted by Crippen LogP contribution is -2.44. The largest absolute Gasteiger partial charge is 0.379 e. The zero-order chi connectivity index (χ0) is 20.8. The van der Waals surface area contributed by atoms with Gasteiger partial charge >= 0.3 is 0 Å². The van der Waals surface area contributed by atoms with Crippen molar-refractivity contribution in [1.29, 1.82) is 0 Å². The van der Waals surface area contributed by atoms with Gasteiger partial charge in [0.1, 0.15) is 5.82 Å². The number of ether oxygens (including phenoxy) is 1. The lowest BCUT2D eigenvalue weighted by Gasteiger charge is -2.34. The summed E-state index contributed by atoms with van der Waals surface area (Å²) in [6, 6.07) is 19.4. The zero-order valence-corrected chi connectivity index (χ0v) is 16.6. The number of nitrogens with one attached hydrogen (secondary N) is 1. The van der Waals surface area contributed by atoms with Crippen LogP contribution in [0.1, 0.15) is 22.1 Å². The van der Waals surface area contributed by atoms with E-state index < -0.39 is 0 Å². The molecule has 1 fully saturated rings. The van der Waals surface area contributed by atoms with Crippen molar-refractivity contribution >= 4 is 5.91 Å². The van der Waals surface area contributed by atoms with Crippen molar-refractivity contribution < 1.29 is 13.9 Å². The maximum absolute atomic E-state index is 13.2. The summed E-state index contributed by atoms with van der Waals surface area (Å²) < 4.78 is 18.7. The normalized spacial score (nSPS) is 15.5. The number of amides is 1. The van der Waals surface area contributed by atoms with Gasteiger partial charge < -0.3 is 10.1 Å². The molecule has 154 valence electrons. The predicted molar refractivity (Wildman–Crippen MR) is 114 cm³/mol. The molecular formula is C24H24FN3O2. The smallest absolute Gasteiger partial charge is 0.251 e. The lowest BCUT2D eigenvalue weighted by atomic mass is 10.0. The van der Waals surface area contributed by atoms with Gasteiger partial charge in [0.2, 0.25) is 0 Å². The molecule has 1 atom stereocenters. The number of morpholine rings is 1. The number of carbonyl (C=O) groups is 1. The zero-order valence-electron chi connectivity index (χ0n) is 16.6. The molecule has 0 aliphatic carbocycles. The summed E-state index contributed by atoms with van der Waals surface area (Å²) >= 11 is 0. The molecule has 1 N–H and O–H groups in total. The maximum Gasteiger partial charge on any atom is 0.251 e. The minimum atomic E-state index is -0.281. The number of carbonyl (C=O) groups excluding carboxylic acids is 1. The summed E-state index contributed by atoms with van der Waals surface area (Å²) in [4.78, 5) is 19.7. The molecule has 30 heavy (non-hydrogen) atoms. The van der Waals surface area contributed by atoms with E-state index in [1.165, 1.54) is 12.1 Å². The van der Waals surface area contributed by atoms with Gasteiger partial charge in [-0.25, -0.2) is 4.39 Å². The van der Waals surface area contributed by atoms with Gasteiger partial charge in [0.15, 0.2) is 0 Å². The Morgan fingerprint density at radius 3 is 2.57 bits per heavy atom. The van der Waals surface area contributed by atoms with Crippen LogP contribution < -0.4 is 5.32 Å². The number of hydrogen-bond acceptors (Lipinski definition) is 4. The van der Waals surface area contributed by atoms with Crippen molar-refractivity contribution in [3.63, 3.8) is 0 Å². The summed E-state index contributed by atoms with van der Waals surface area (Å²) in [5.74, 6) is -0.426. The molecule has 2 heterocycles. The van der Waals surface area contributed by atoms with Crippen LogP contribution in [0.2, 0.25) is 0 Å². The van der Waals surface area contributed by atoms with Crippen LogP contribution in [0.15, 0.2) is 72.9 Å². The Balaban J connectivity index is 1.48. The molecule has 6 heteroatoms. The molecule has 2 aromatic carbocycles. The fourth-order valence-corrected chi connectivity index (χ4v) is 3.66. The number of aromatic nitrogens is 1. The van der Waals surface area contributed by atoms with Gasteiger partial charge in [-0.2, -0.15) is 0 Å². The summed E-state index contributed by atoms with van der Waals surface area (Å²) in [6.07, 6.45) is 1.77. The number of nitrogens with zero attached hydrogens (tertiary/aromatic N) is 2. The molecule has 0 bridgehead atoms. The molecule has 3 aromatic rings. The third-order valence-corrected chi connectivity index (χ3v) is 5.27. The topological polar surface area (TPSA) is 54.5 Å². The van der Waals surface area contributed by atoms with E-state index in [4.69, 9.17) is 4.74 Å². The van der Waals surface area contributed by atoms with Crippen LogP contribution in [0, 0.1) is 5.82 Å². The number of halogens is 1. The van der Waals surface area contributed by atoms with Crippen molar-refractivity contribution in [2.45, 2.75) is 6.04 Å². The van der Waals surface area contributed by atoms with Crippen LogP contribution in [-0.4, -0.2) is 48.6 Å². The van der Waals surface area contributed by atoms with Crippen molar-refractivity contribution in [2.24, 2.45) is 0 Å². The van der Waals surface area contributed by atoms with Gasteiger partial charge in [-0.3, -0.25) is 14.7 Å². The van der Waals surface area contributed by atoms with E-state index in [9.17, 15) is 9.18 Å². The van der Waals surface area contributed by atoms with E-state index in [2.05, 4.69) is 15.2 Å². The van der Waals surface area contributed by atoms with Gasteiger partial charge in [0.05, 0.1) is 24.9 Å². The van der Waals surface area contributed by atoms with E-state index in [0.29, 0.717) is 25.3 Å². The van der Waals surface area contributed by atoms with Crippen molar-refractivity contribution in [2.75, 3.05) is 32.8 Å². The number of hydrogen-bond donors (Lipinski definition) is 1. The molecule has 0 saturated carbocycles. The van der Waals surface area contributed by atoms with E-state index in [-0.39, 0.29) is 17.8 Å². The average molecular weight is 405 g/mol. The van der Waals surface area contributed by atoms with Crippen LogP contribution in [0.25, 0.3) is 11.1 Å². The fraction of sp³-hybridized carbons (Fsp3) is 0.250. The second-order valence-corrected chi connectivity index (χ2v) is 7.22. The highest BCUT2D eigenvalue weighted by molar-refractivity contribution is 5.95. The first-order chi connectivity index (χ1) is 14.7. The molecule has 0 unspecified atom stereocenters. The number of benzene rings is 2. The van der Waals surface area contributed by atoms with Gasteiger partial charge in [-0.05, 0) is 47.5 Å². The minimum absolute atomic E-state index is 0.0145. The molecule has 1 amide bonds. The first kappa shape index (κ1) is 20.2. The van der Waals surface area contributed by atoms with Crippen LogP contribution >= 0.6 is 0 Å². The molecule has 1 aliphatic rings. The second kappa shape index (κ2) is 9.61. The fourth-order valence-electron chi connectivity index (χ4n) is 3.66. The van der Waals surface area contributed by atoms with Crippen LogP contribution in [0.3, 0.4) is 0 Å². The van der Waals surface area contributed by atoms with E-state index in [1.54, 1.807) is 24.4 Å². The van der Waals surface area contributed by atoms with Crippen LogP contribution in [0.4, 0.5) is 4.39 Å². The highest BCUT2D eigenvalue weighted by Crippen LogP contribution is 2.22. The molecule has 1 aromatic heterocycles. The quantitative estimate of drug-likeness (QED) is 0.680. The molecule has 1 aliphatic heterocycles. The van der Waals surface area contributed by atoms with Crippen LogP contribution in [0.5, 0.6) is 0 Å². The molecule has 5 nitrogen and oxygen atoms in total. The van der Waals surface area contributed by atoms with E-state index >= 15 is 0 Å². The molecule has 0 radical (unpaired) electrons. The van der Waals surface area contributed by atoms with Crippen molar-refractivity contribution in [1.82, 2.24) is 15.2 Å². The Kier molecular flexibility index (Phi) is 6.47. The van der Waals surface area contributed by atoms with Gasteiger partial charge in [-0.1, -0.05) is 30.3 Å². The summed E-state index contributed by atoms with van der Waals surface area (Å²) in [7, 11) is 0. The highest BCUT2D eigenvalue weighted by atomic mass is 19.1. The van der Waals surface area contributed by atoms with Gasteiger partial charge in [-0.15, -0.1) is 0 Å².